The van der Waals surface area contributed by atoms with Crippen LogP contribution in [-0.2, 0) is 9.63 Å². The number of H-pyrrole nitrogens is 1. The summed E-state index contributed by atoms with van der Waals surface area (Å²) in [4.78, 5) is 49.1. The highest BCUT2D eigenvalue weighted by molar-refractivity contribution is 7.99. The van der Waals surface area contributed by atoms with Crippen LogP contribution in [-0.4, -0.2) is 47.9 Å². The van der Waals surface area contributed by atoms with Crippen LogP contribution in [0.1, 0.15) is 41.9 Å². The molecule has 180 valence electrons. The van der Waals surface area contributed by atoms with Crippen molar-refractivity contribution >= 4 is 59.9 Å². The highest BCUT2D eigenvalue weighted by Gasteiger charge is 2.19. The van der Waals surface area contributed by atoms with Gasteiger partial charge < -0.3 is 25.3 Å². The Hall–Kier alpha value is -2.94. The molecule has 0 atom stereocenters. The standard InChI is InChI=1S/C17H20N8O5S.2ClH/c1-10-15(16(27)19-8-4-2-3-5-14(26)30-18)22-17(21-10)31-12-7-6-11-20-9-13(25(28)29)24(11)23-12;;/h6-7,9H,2-5,8,18H2,1H3,(H,19,27)(H,21,22);2*1H. The van der Waals surface area contributed by atoms with Crippen LogP contribution >= 0.6 is 36.6 Å². The highest BCUT2D eigenvalue weighted by Crippen LogP contribution is 2.25. The van der Waals surface area contributed by atoms with Crippen molar-refractivity contribution in [3.8, 4) is 0 Å². The van der Waals surface area contributed by atoms with E-state index in [2.05, 4.69) is 30.2 Å². The summed E-state index contributed by atoms with van der Waals surface area (Å²) in [5, 5.41) is 18.9. The van der Waals surface area contributed by atoms with Crippen LogP contribution in [0.3, 0.4) is 0 Å². The second-order valence-electron chi connectivity index (χ2n) is 6.49. The van der Waals surface area contributed by atoms with Crippen LogP contribution in [0.25, 0.3) is 5.65 Å². The molecule has 0 saturated carbocycles. The zero-order chi connectivity index (χ0) is 22.4. The molecule has 0 aliphatic heterocycles. The molecule has 0 aliphatic rings. The van der Waals surface area contributed by atoms with Gasteiger partial charge in [0, 0.05) is 24.7 Å². The molecule has 0 fully saturated rings. The van der Waals surface area contributed by atoms with Gasteiger partial charge in [0.1, 0.15) is 16.9 Å². The number of nitrogens with zero attached hydrogens (tertiary/aromatic N) is 5. The SMILES string of the molecule is Cc1[nH]c(Sc2ccc3ncc([N+](=O)[O-])n3n2)nc1C(=O)NCCCCCC(=O)ON.Cl.Cl. The zero-order valence-corrected chi connectivity index (χ0v) is 19.8. The fraction of sp³-hybridized carbons (Fsp3) is 0.353. The summed E-state index contributed by atoms with van der Waals surface area (Å²) >= 11 is 1.14. The maximum atomic E-state index is 12.4. The molecule has 3 heterocycles. The lowest BCUT2D eigenvalue weighted by Gasteiger charge is -2.03. The summed E-state index contributed by atoms with van der Waals surface area (Å²) in [6.07, 6.45) is 3.44. The number of nitrogens with one attached hydrogen (secondary N) is 2. The van der Waals surface area contributed by atoms with E-state index >= 15 is 0 Å². The van der Waals surface area contributed by atoms with Gasteiger partial charge in [-0.3, -0.25) is 9.59 Å². The Morgan fingerprint density at radius 3 is 2.76 bits per heavy atom. The van der Waals surface area contributed by atoms with Gasteiger partial charge in [-0.15, -0.1) is 24.8 Å². The second-order valence-corrected chi connectivity index (χ2v) is 7.50. The monoisotopic (exact) mass is 520 g/mol. The highest BCUT2D eigenvalue weighted by atomic mass is 35.5. The van der Waals surface area contributed by atoms with E-state index in [4.69, 9.17) is 5.90 Å². The fourth-order valence-electron chi connectivity index (χ4n) is 2.74. The predicted molar refractivity (Wildman–Crippen MR) is 123 cm³/mol. The van der Waals surface area contributed by atoms with Crippen molar-refractivity contribution in [2.24, 2.45) is 5.90 Å². The largest absolute Gasteiger partial charge is 0.373 e. The van der Waals surface area contributed by atoms with Crippen LogP contribution in [0.4, 0.5) is 5.82 Å². The molecule has 33 heavy (non-hydrogen) atoms. The van der Waals surface area contributed by atoms with Crippen LogP contribution in [0, 0.1) is 17.0 Å². The van der Waals surface area contributed by atoms with Crippen LogP contribution in [0.15, 0.2) is 28.5 Å². The average molecular weight is 521 g/mol. The predicted octanol–water partition coefficient (Wildman–Crippen LogP) is 2.37. The number of imidazole rings is 2. The summed E-state index contributed by atoms with van der Waals surface area (Å²) in [6, 6.07) is 3.27. The number of unbranched alkanes of at least 4 members (excludes halogenated alkanes) is 2. The van der Waals surface area contributed by atoms with Gasteiger partial charge in [-0.05, 0) is 42.5 Å². The Bertz CT molecular complexity index is 1120. The van der Waals surface area contributed by atoms with E-state index in [-0.39, 0.29) is 48.7 Å². The minimum atomic E-state index is -0.565. The molecule has 0 bridgehead atoms. The summed E-state index contributed by atoms with van der Waals surface area (Å²) < 4.78 is 1.14. The second kappa shape index (κ2) is 12.9. The van der Waals surface area contributed by atoms with Crippen molar-refractivity contribution in [3.05, 3.63) is 39.8 Å². The van der Waals surface area contributed by atoms with Gasteiger partial charge in [0.25, 0.3) is 5.91 Å². The molecule has 0 spiro atoms. The van der Waals surface area contributed by atoms with Gasteiger partial charge in [-0.25, -0.2) is 9.97 Å². The Balaban J connectivity index is 0.00000272. The third-order valence-corrected chi connectivity index (χ3v) is 5.07. The van der Waals surface area contributed by atoms with E-state index in [0.717, 1.165) is 28.9 Å². The van der Waals surface area contributed by atoms with Crippen LogP contribution in [0.2, 0.25) is 0 Å². The average Bonchev–Trinajstić information content (AvgIpc) is 3.33. The number of aromatic nitrogens is 5. The van der Waals surface area contributed by atoms with Gasteiger partial charge in [-0.1, -0.05) is 16.0 Å². The zero-order valence-electron chi connectivity index (χ0n) is 17.3. The Morgan fingerprint density at radius 1 is 1.30 bits per heavy atom. The molecule has 3 aromatic rings. The van der Waals surface area contributed by atoms with Gasteiger partial charge in [0.05, 0.1) is 0 Å². The van der Waals surface area contributed by atoms with Gasteiger partial charge >= 0.3 is 11.8 Å². The molecular formula is C17H22Cl2N8O5S. The van der Waals surface area contributed by atoms with Crippen molar-refractivity contribution < 1.29 is 19.3 Å². The maximum Gasteiger partial charge on any atom is 0.368 e. The van der Waals surface area contributed by atoms with Crippen LogP contribution in [0.5, 0.6) is 0 Å². The number of hydrogen-bond acceptors (Lipinski definition) is 10. The van der Waals surface area contributed by atoms with Crippen molar-refractivity contribution in [3.63, 3.8) is 0 Å². The number of aromatic amines is 1. The number of nitro groups is 1. The Labute approximate surface area is 204 Å². The van der Waals surface area contributed by atoms with Crippen molar-refractivity contribution in [2.75, 3.05) is 6.54 Å². The molecule has 0 radical (unpaired) electrons. The Kier molecular flexibility index (Phi) is 11.0. The Morgan fingerprint density at radius 2 is 2.06 bits per heavy atom. The number of hydrogen-bond donors (Lipinski definition) is 3. The molecule has 16 heteroatoms. The summed E-state index contributed by atoms with van der Waals surface area (Å²) in [7, 11) is 0. The first-order chi connectivity index (χ1) is 14.9. The number of fused-ring (bicyclic) bond motifs is 1. The van der Waals surface area contributed by atoms with Crippen molar-refractivity contribution in [1.29, 1.82) is 0 Å². The summed E-state index contributed by atoms with van der Waals surface area (Å²) in [5.41, 5.74) is 1.19. The first-order valence-electron chi connectivity index (χ1n) is 9.30. The first-order valence-corrected chi connectivity index (χ1v) is 10.1. The normalized spacial score (nSPS) is 10.2. The van der Waals surface area contributed by atoms with E-state index in [0.29, 0.717) is 40.9 Å². The van der Waals surface area contributed by atoms with E-state index in [1.165, 1.54) is 0 Å². The number of nitrogens with two attached hydrogens (primary N) is 1. The minimum absolute atomic E-state index is 0. The molecule has 13 nitrogen and oxygen atoms in total. The molecule has 0 saturated heterocycles. The number of rotatable bonds is 10. The number of carbonyl (C=O) groups excluding carboxylic acids is 2. The summed E-state index contributed by atoms with van der Waals surface area (Å²) in [6.45, 7) is 2.16. The van der Waals surface area contributed by atoms with E-state index < -0.39 is 10.9 Å². The molecular weight excluding hydrogens is 499 g/mol. The molecule has 3 rings (SSSR count). The number of aryl methyl sites for hydroxylation is 1. The molecule has 1 amide bonds. The van der Waals surface area contributed by atoms with Gasteiger partial charge in [-0.2, -0.15) is 5.90 Å². The lowest BCUT2D eigenvalue weighted by molar-refractivity contribution is -0.391. The summed E-state index contributed by atoms with van der Waals surface area (Å²) in [5.74, 6) is 3.74. The smallest absolute Gasteiger partial charge is 0.368 e. The molecule has 0 aliphatic carbocycles. The third kappa shape index (κ3) is 7.28. The molecule has 0 aromatic carbocycles. The van der Waals surface area contributed by atoms with Crippen LogP contribution < -0.4 is 11.2 Å². The molecule has 4 N–H and O–H groups in total. The molecule has 0 unspecified atom stereocenters. The van der Waals surface area contributed by atoms with E-state index in [9.17, 15) is 19.7 Å². The lowest BCUT2D eigenvalue weighted by Crippen LogP contribution is -2.25. The minimum Gasteiger partial charge on any atom is -0.373 e. The maximum absolute atomic E-state index is 12.4. The van der Waals surface area contributed by atoms with E-state index in [1.54, 1.807) is 19.1 Å². The number of carbonyl (C=O) groups is 2. The van der Waals surface area contributed by atoms with Gasteiger partial charge in [0.2, 0.25) is 5.65 Å². The topological polar surface area (TPSA) is 183 Å². The fourth-order valence-corrected chi connectivity index (χ4v) is 3.54. The van der Waals surface area contributed by atoms with Gasteiger partial charge in [0.15, 0.2) is 5.16 Å². The third-order valence-electron chi connectivity index (χ3n) is 4.26. The first kappa shape index (κ1) is 28.1. The number of halogens is 2. The molecule has 3 aromatic heterocycles. The van der Waals surface area contributed by atoms with Crippen molar-refractivity contribution in [1.82, 2.24) is 29.9 Å². The quantitative estimate of drug-likeness (QED) is 0.203. The van der Waals surface area contributed by atoms with E-state index in [1.807, 2.05) is 0 Å². The van der Waals surface area contributed by atoms with Crippen molar-refractivity contribution in [2.45, 2.75) is 42.8 Å². The lowest BCUT2D eigenvalue weighted by atomic mass is 10.2. The number of amides is 1.